The van der Waals surface area contributed by atoms with E-state index in [4.69, 9.17) is 0 Å². The van der Waals surface area contributed by atoms with Gasteiger partial charge in [-0.3, -0.25) is 4.90 Å². The quantitative estimate of drug-likeness (QED) is 0.704. The Morgan fingerprint density at radius 2 is 2.21 bits per heavy atom. The third-order valence-corrected chi connectivity index (χ3v) is 2.35. The normalized spacial score (nSPS) is 21.1. The van der Waals surface area contributed by atoms with E-state index >= 15 is 0 Å². The van der Waals surface area contributed by atoms with Gasteiger partial charge in [0.1, 0.15) is 5.75 Å². The van der Waals surface area contributed by atoms with Gasteiger partial charge in [-0.2, -0.15) is 0 Å². The summed E-state index contributed by atoms with van der Waals surface area (Å²) in [6.07, 6.45) is 0. The molecule has 4 heteroatoms. The molecule has 1 unspecified atom stereocenters. The molecule has 1 aromatic carbocycles. The molecule has 1 aliphatic heterocycles. The Bertz CT molecular complexity index is 365. The van der Waals surface area contributed by atoms with Crippen LogP contribution >= 0.6 is 0 Å². The average molecular weight is 192 g/mol. The number of benzene rings is 1. The fourth-order valence-corrected chi connectivity index (χ4v) is 1.63. The molecule has 4 nitrogen and oxygen atoms in total. The maximum atomic E-state index is 11.4. The fourth-order valence-electron chi connectivity index (χ4n) is 1.63. The van der Waals surface area contributed by atoms with E-state index < -0.39 is 0 Å². The molecule has 14 heavy (non-hydrogen) atoms. The summed E-state index contributed by atoms with van der Waals surface area (Å²) in [6.45, 7) is 2.55. The van der Waals surface area contributed by atoms with Crippen molar-refractivity contribution in [2.24, 2.45) is 0 Å². The highest BCUT2D eigenvalue weighted by atomic mass is 16.3. The van der Waals surface area contributed by atoms with Crippen molar-refractivity contribution in [1.29, 1.82) is 0 Å². The molecule has 2 N–H and O–H groups in total. The standard InChI is InChI=1S/C10H12N2O2/c1-7-6-11-10(14)12(7)8-4-2-3-5-9(8)13/h2-5,7,13H,6H2,1H3,(H,11,14). The zero-order valence-corrected chi connectivity index (χ0v) is 7.90. The number of nitrogens with zero attached hydrogens (tertiary/aromatic N) is 1. The maximum Gasteiger partial charge on any atom is 0.322 e. The van der Waals surface area contributed by atoms with Gasteiger partial charge in [-0.1, -0.05) is 12.1 Å². The number of carbonyl (C=O) groups excluding carboxylic acids is 1. The molecule has 1 fully saturated rings. The highest BCUT2D eigenvalue weighted by Crippen LogP contribution is 2.29. The van der Waals surface area contributed by atoms with Gasteiger partial charge >= 0.3 is 6.03 Å². The SMILES string of the molecule is CC1CNC(=O)N1c1ccccc1O. The van der Waals surface area contributed by atoms with Crippen LogP contribution in [0.1, 0.15) is 6.92 Å². The van der Waals surface area contributed by atoms with Crippen LogP contribution in [0.25, 0.3) is 0 Å². The van der Waals surface area contributed by atoms with Crippen molar-refractivity contribution in [3.05, 3.63) is 24.3 Å². The first-order chi connectivity index (χ1) is 6.70. The van der Waals surface area contributed by atoms with Gasteiger partial charge in [-0.15, -0.1) is 0 Å². The third-order valence-electron chi connectivity index (χ3n) is 2.35. The number of anilines is 1. The van der Waals surface area contributed by atoms with Crippen molar-refractivity contribution < 1.29 is 9.90 Å². The summed E-state index contributed by atoms with van der Waals surface area (Å²) >= 11 is 0. The summed E-state index contributed by atoms with van der Waals surface area (Å²) in [4.78, 5) is 13.0. The van der Waals surface area contributed by atoms with E-state index in [9.17, 15) is 9.90 Å². The minimum Gasteiger partial charge on any atom is -0.506 e. The lowest BCUT2D eigenvalue weighted by molar-refractivity contribution is 0.251. The molecule has 1 aliphatic rings. The first-order valence-corrected chi connectivity index (χ1v) is 4.55. The molecule has 1 saturated heterocycles. The summed E-state index contributed by atoms with van der Waals surface area (Å²) in [7, 11) is 0. The molecule has 0 saturated carbocycles. The van der Waals surface area contributed by atoms with Crippen LogP contribution in [0.3, 0.4) is 0 Å². The second-order valence-electron chi connectivity index (χ2n) is 3.39. The lowest BCUT2D eigenvalue weighted by atomic mass is 10.2. The van der Waals surface area contributed by atoms with Crippen LogP contribution in [-0.2, 0) is 0 Å². The zero-order chi connectivity index (χ0) is 10.1. The van der Waals surface area contributed by atoms with Crippen molar-refractivity contribution in [3.63, 3.8) is 0 Å². The molecule has 0 aromatic heterocycles. The topological polar surface area (TPSA) is 52.6 Å². The van der Waals surface area contributed by atoms with E-state index in [2.05, 4.69) is 5.32 Å². The molecule has 0 radical (unpaired) electrons. The molecular formula is C10H12N2O2. The van der Waals surface area contributed by atoms with Gasteiger partial charge in [0.25, 0.3) is 0 Å². The van der Waals surface area contributed by atoms with Crippen molar-refractivity contribution in [1.82, 2.24) is 5.32 Å². The lowest BCUT2D eigenvalue weighted by Gasteiger charge is -2.20. The number of phenols is 1. The molecule has 0 aliphatic carbocycles. The molecule has 2 rings (SSSR count). The van der Waals surface area contributed by atoms with E-state index in [-0.39, 0.29) is 17.8 Å². The van der Waals surface area contributed by atoms with Crippen LogP contribution in [0.5, 0.6) is 5.75 Å². The van der Waals surface area contributed by atoms with Gasteiger partial charge in [-0.05, 0) is 19.1 Å². The predicted octanol–water partition coefficient (Wildman–Crippen LogP) is 1.31. The monoisotopic (exact) mass is 192 g/mol. The van der Waals surface area contributed by atoms with Gasteiger partial charge in [0.05, 0.1) is 11.7 Å². The molecule has 1 aromatic rings. The summed E-state index contributed by atoms with van der Waals surface area (Å²) < 4.78 is 0. The van der Waals surface area contributed by atoms with Gasteiger partial charge in [0.15, 0.2) is 0 Å². The number of aromatic hydroxyl groups is 1. The number of hydrogen-bond donors (Lipinski definition) is 2. The van der Waals surface area contributed by atoms with E-state index in [1.807, 2.05) is 6.92 Å². The zero-order valence-electron chi connectivity index (χ0n) is 7.90. The molecule has 1 heterocycles. The van der Waals surface area contributed by atoms with Crippen LogP contribution in [-0.4, -0.2) is 23.7 Å². The fraction of sp³-hybridized carbons (Fsp3) is 0.300. The van der Waals surface area contributed by atoms with Crippen molar-refractivity contribution in [3.8, 4) is 5.75 Å². The van der Waals surface area contributed by atoms with Gasteiger partial charge in [0.2, 0.25) is 0 Å². The van der Waals surface area contributed by atoms with Crippen molar-refractivity contribution in [2.45, 2.75) is 13.0 Å². The van der Waals surface area contributed by atoms with Crippen LogP contribution in [0, 0.1) is 0 Å². The summed E-state index contributed by atoms with van der Waals surface area (Å²) in [6, 6.07) is 6.77. The molecule has 74 valence electrons. The van der Waals surface area contributed by atoms with E-state index in [1.165, 1.54) is 0 Å². The van der Waals surface area contributed by atoms with Crippen LogP contribution in [0.4, 0.5) is 10.5 Å². The molecule has 1 atom stereocenters. The second-order valence-corrected chi connectivity index (χ2v) is 3.39. The first-order valence-electron chi connectivity index (χ1n) is 4.55. The Morgan fingerprint density at radius 1 is 1.50 bits per heavy atom. The number of hydrogen-bond acceptors (Lipinski definition) is 2. The van der Waals surface area contributed by atoms with E-state index in [1.54, 1.807) is 29.2 Å². The second kappa shape index (κ2) is 3.21. The van der Waals surface area contributed by atoms with Gasteiger partial charge < -0.3 is 10.4 Å². The summed E-state index contributed by atoms with van der Waals surface area (Å²) in [5.74, 6) is 0.136. The Morgan fingerprint density at radius 3 is 2.79 bits per heavy atom. The average Bonchev–Trinajstić information content (AvgIpc) is 2.48. The first kappa shape index (κ1) is 8.87. The number of carbonyl (C=O) groups is 1. The largest absolute Gasteiger partial charge is 0.506 e. The number of rotatable bonds is 1. The number of urea groups is 1. The number of amides is 2. The highest BCUT2D eigenvalue weighted by molar-refractivity contribution is 5.96. The van der Waals surface area contributed by atoms with Crippen LogP contribution in [0.15, 0.2) is 24.3 Å². The maximum absolute atomic E-state index is 11.4. The van der Waals surface area contributed by atoms with Gasteiger partial charge in [-0.25, -0.2) is 4.79 Å². The number of nitrogens with one attached hydrogen (secondary N) is 1. The minimum atomic E-state index is -0.154. The molecule has 2 amide bonds. The van der Waals surface area contributed by atoms with E-state index in [0.29, 0.717) is 12.2 Å². The van der Waals surface area contributed by atoms with Crippen LogP contribution in [0.2, 0.25) is 0 Å². The lowest BCUT2D eigenvalue weighted by Crippen LogP contribution is -2.32. The number of phenolic OH excluding ortho intramolecular Hbond substituents is 1. The third kappa shape index (κ3) is 1.28. The smallest absolute Gasteiger partial charge is 0.322 e. The predicted molar refractivity (Wildman–Crippen MR) is 53.4 cm³/mol. The molecular weight excluding hydrogens is 180 g/mol. The van der Waals surface area contributed by atoms with Gasteiger partial charge in [0, 0.05) is 6.54 Å². The number of para-hydroxylation sites is 2. The summed E-state index contributed by atoms with van der Waals surface area (Å²) in [5, 5.41) is 12.3. The molecule has 0 bridgehead atoms. The minimum absolute atomic E-state index is 0.0794. The Balaban J connectivity index is 2.39. The Kier molecular flexibility index (Phi) is 2.04. The van der Waals surface area contributed by atoms with Crippen molar-refractivity contribution in [2.75, 3.05) is 11.4 Å². The van der Waals surface area contributed by atoms with Crippen molar-refractivity contribution >= 4 is 11.7 Å². The Labute approximate surface area is 82.2 Å². The summed E-state index contributed by atoms with van der Waals surface area (Å²) in [5.41, 5.74) is 0.565. The van der Waals surface area contributed by atoms with Crippen LogP contribution < -0.4 is 10.2 Å². The highest BCUT2D eigenvalue weighted by Gasteiger charge is 2.29. The van der Waals surface area contributed by atoms with E-state index in [0.717, 1.165) is 0 Å². The Hall–Kier alpha value is -1.71. The molecule has 0 spiro atoms.